The second-order valence-electron chi connectivity index (χ2n) is 4.92. The van der Waals surface area contributed by atoms with Crippen molar-refractivity contribution < 1.29 is 23.5 Å². The van der Waals surface area contributed by atoms with Gasteiger partial charge in [0.05, 0.1) is 23.9 Å². The van der Waals surface area contributed by atoms with Crippen molar-refractivity contribution >= 4 is 11.9 Å². The van der Waals surface area contributed by atoms with Crippen molar-refractivity contribution in [1.82, 2.24) is 9.55 Å². The minimum Gasteiger partial charge on any atom is -0.462 e. The number of cyclic esters (lactones) is 1. The lowest BCUT2D eigenvalue weighted by molar-refractivity contribution is 0.0307. The fourth-order valence-corrected chi connectivity index (χ4v) is 2.36. The number of halogens is 1. The SMILES string of the molecule is CCOC(=O)c1ccc2c(c1)C(n1cc(F)c(=O)[nH]c1=O)OC2=O. The number of ether oxygens (including phenoxy) is 2. The Bertz CT molecular complexity index is 961. The second kappa shape index (κ2) is 5.76. The van der Waals surface area contributed by atoms with E-state index in [4.69, 9.17) is 9.47 Å². The number of carbonyl (C=O) groups excluding carboxylic acids is 2. The van der Waals surface area contributed by atoms with Crippen LogP contribution in [-0.2, 0) is 9.47 Å². The van der Waals surface area contributed by atoms with Crippen molar-refractivity contribution in [2.24, 2.45) is 0 Å². The van der Waals surface area contributed by atoms with E-state index in [-0.39, 0.29) is 23.3 Å². The number of hydrogen-bond acceptors (Lipinski definition) is 6. The smallest absolute Gasteiger partial charge is 0.340 e. The van der Waals surface area contributed by atoms with E-state index in [0.29, 0.717) is 6.20 Å². The van der Waals surface area contributed by atoms with Crippen molar-refractivity contribution in [3.63, 3.8) is 0 Å². The van der Waals surface area contributed by atoms with Crippen LogP contribution in [0, 0.1) is 5.82 Å². The van der Waals surface area contributed by atoms with Crippen LogP contribution >= 0.6 is 0 Å². The molecule has 1 unspecified atom stereocenters. The highest BCUT2D eigenvalue weighted by Gasteiger charge is 2.34. The molecular weight excluding hydrogens is 323 g/mol. The number of nitrogens with one attached hydrogen (secondary N) is 1. The van der Waals surface area contributed by atoms with Crippen molar-refractivity contribution in [2.45, 2.75) is 13.2 Å². The molecule has 1 aliphatic rings. The number of H-pyrrole nitrogens is 1. The summed E-state index contributed by atoms with van der Waals surface area (Å²) in [5.74, 6) is -2.55. The summed E-state index contributed by atoms with van der Waals surface area (Å²) in [5, 5.41) is 0. The third-order valence-corrected chi connectivity index (χ3v) is 3.44. The molecule has 9 heteroatoms. The van der Waals surface area contributed by atoms with Gasteiger partial charge >= 0.3 is 17.6 Å². The highest BCUT2D eigenvalue weighted by molar-refractivity contribution is 5.97. The van der Waals surface area contributed by atoms with Gasteiger partial charge in [-0.25, -0.2) is 14.4 Å². The van der Waals surface area contributed by atoms with Crippen molar-refractivity contribution in [3.8, 4) is 0 Å². The average molecular weight is 334 g/mol. The lowest BCUT2D eigenvalue weighted by Crippen LogP contribution is -2.34. The number of hydrogen-bond donors (Lipinski definition) is 1. The molecule has 24 heavy (non-hydrogen) atoms. The summed E-state index contributed by atoms with van der Waals surface area (Å²) in [6.07, 6.45) is -0.647. The molecule has 0 bridgehead atoms. The highest BCUT2D eigenvalue weighted by atomic mass is 19.1. The summed E-state index contributed by atoms with van der Waals surface area (Å²) in [7, 11) is 0. The molecule has 8 nitrogen and oxygen atoms in total. The molecule has 1 aromatic carbocycles. The van der Waals surface area contributed by atoms with Crippen LogP contribution in [0.4, 0.5) is 4.39 Å². The minimum absolute atomic E-state index is 0.131. The first-order valence-corrected chi connectivity index (χ1v) is 6.95. The number of rotatable bonds is 3. The van der Waals surface area contributed by atoms with Gasteiger partial charge in [0.2, 0.25) is 12.0 Å². The molecule has 0 saturated carbocycles. The molecule has 0 radical (unpaired) electrons. The summed E-state index contributed by atoms with van der Waals surface area (Å²) in [6, 6.07) is 4.08. The molecule has 1 aromatic heterocycles. The van der Waals surface area contributed by atoms with Crippen LogP contribution in [-0.4, -0.2) is 28.1 Å². The quantitative estimate of drug-likeness (QED) is 0.822. The first-order valence-electron chi connectivity index (χ1n) is 6.95. The van der Waals surface area contributed by atoms with Crippen LogP contribution in [0.2, 0.25) is 0 Å². The normalized spacial score (nSPS) is 15.8. The standard InChI is InChI=1S/C15H11FN2O6/c1-2-23-13(20)7-3-4-8-9(5-7)12(24-14(8)21)18-6-10(16)11(19)17-15(18)22/h3-6,12H,2H2,1H3,(H,17,19,22). The summed E-state index contributed by atoms with van der Waals surface area (Å²) >= 11 is 0. The average Bonchev–Trinajstić information content (AvgIpc) is 2.87. The zero-order valence-electron chi connectivity index (χ0n) is 12.4. The van der Waals surface area contributed by atoms with Gasteiger partial charge in [-0.3, -0.25) is 14.3 Å². The lowest BCUT2D eigenvalue weighted by atomic mass is 10.0. The van der Waals surface area contributed by atoms with Gasteiger partial charge in [-0.15, -0.1) is 0 Å². The second-order valence-corrected chi connectivity index (χ2v) is 4.92. The Kier molecular flexibility index (Phi) is 3.76. The number of aromatic amines is 1. The number of aromatic nitrogens is 2. The third kappa shape index (κ3) is 2.49. The van der Waals surface area contributed by atoms with Crippen molar-refractivity contribution in [1.29, 1.82) is 0 Å². The van der Waals surface area contributed by atoms with Gasteiger partial charge in [-0.2, -0.15) is 4.39 Å². The summed E-state index contributed by atoms with van der Waals surface area (Å²) in [5.41, 5.74) is -1.66. The Labute approximate surface area is 133 Å². The molecule has 0 spiro atoms. The molecular formula is C15H11FN2O6. The predicted octanol–water partition coefficient (Wildman–Crippen LogP) is 0.570. The van der Waals surface area contributed by atoms with Crippen molar-refractivity contribution in [3.05, 3.63) is 67.7 Å². The van der Waals surface area contributed by atoms with Gasteiger partial charge in [-0.1, -0.05) is 0 Å². The first-order chi connectivity index (χ1) is 11.4. The largest absolute Gasteiger partial charge is 0.462 e. The predicted molar refractivity (Wildman–Crippen MR) is 77.2 cm³/mol. The Morgan fingerprint density at radius 3 is 2.83 bits per heavy atom. The molecule has 124 valence electrons. The van der Waals surface area contributed by atoms with Gasteiger partial charge < -0.3 is 9.47 Å². The molecule has 2 aromatic rings. The van der Waals surface area contributed by atoms with E-state index in [1.54, 1.807) is 11.9 Å². The summed E-state index contributed by atoms with van der Waals surface area (Å²) in [6.45, 7) is 1.81. The highest BCUT2D eigenvalue weighted by Crippen LogP contribution is 2.31. The maximum atomic E-state index is 13.5. The Hall–Kier alpha value is -3.23. The van der Waals surface area contributed by atoms with Gasteiger partial charge in [0.15, 0.2) is 0 Å². The van der Waals surface area contributed by atoms with Crippen LogP contribution < -0.4 is 11.2 Å². The van der Waals surface area contributed by atoms with Crippen molar-refractivity contribution in [2.75, 3.05) is 6.61 Å². The Morgan fingerprint density at radius 1 is 1.38 bits per heavy atom. The topological polar surface area (TPSA) is 107 Å². The number of nitrogens with zero attached hydrogens (tertiary/aromatic N) is 1. The molecule has 2 heterocycles. The molecule has 0 saturated heterocycles. The number of esters is 2. The van der Waals surface area contributed by atoms with E-state index in [9.17, 15) is 23.6 Å². The zero-order valence-corrected chi connectivity index (χ0v) is 12.4. The van der Waals surface area contributed by atoms with Gasteiger partial charge in [0.25, 0.3) is 5.56 Å². The van der Waals surface area contributed by atoms with Gasteiger partial charge in [-0.05, 0) is 25.1 Å². The molecule has 1 atom stereocenters. The number of carbonyl (C=O) groups is 2. The third-order valence-electron chi connectivity index (χ3n) is 3.44. The van der Waals surface area contributed by atoms with Gasteiger partial charge in [0.1, 0.15) is 0 Å². The van der Waals surface area contributed by atoms with E-state index < -0.39 is 35.2 Å². The van der Waals surface area contributed by atoms with Crippen LogP contribution in [0.3, 0.4) is 0 Å². The van der Waals surface area contributed by atoms with E-state index in [1.165, 1.54) is 18.2 Å². The summed E-state index contributed by atoms with van der Waals surface area (Å²) in [4.78, 5) is 48.5. The molecule has 0 amide bonds. The van der Waals surface area contributed by atoms with E-state index >= 15 is 0 Å². The molecule has 1 aliphatic heterocycles. The number of benzene rings is 1. The van der Waals surface area contributed by atoms with Crippen LogP contribution in [0.15, 0.2) is 34.0 Å². The van der Waals surface area contributed by atoms with Crippen LogP contribution in [0.1, 0.15) is 39.4 Å². The Morgan fingerprint density at radius 2 is 2.12 bits per heavy atom. The fourth-order valence-electron chi connectivity index (χ4n) is 2.36. The first kappa shape index (κ1) is 15.7. The lowest BCUT2D eigenvalue weighted by Gasteiger charge is -2.14. The summed E-state index contributed by atoms with van der Waals surface area (Å²) < 4.78 is 24.2. The molecule has 0 aliphatic carbocycles. The van der Waals surface area contributed by atoms with E-state index in [2.05, 4.69) is 0 Å². The fraction of sp³-hybridized carbons (Fsp3) is 0.200. The molecule has 1 N–H and O–H groups in total. The molecule has 0 fully saturated rings. The molecule has 3 rings (SSSR count). The zero-order chi connectivity index (χ0) is 17.4. The maximum absolute atomic E-state index is 13.5. The van der Waals surface area contributed by atoms with E-state index in [1.807, 2.05) is 0 Å². The maximum Gasteiger partial charge on any atom is 0.340 e. The Balaban J connectivity index is 2.12. The van der Waals surface area contributed by atoms with Gasteiger partial charge in [0, 0.05) is 5.56 Å². The van der Waals surface area contributed by atoms with E-state index in [0.717, 1.165) is 4.57 Å². The van der Waals surface area contributed by atoms with Crippen LogP contribution in [0.5, 0.6) is 0 Å². The minimum atomic E-state index is -1.29. The number of fused-ring (bicyclic) bond motifs is 1. The van der Waals surface area contributed by atoms with Crippen LogP contribution in [0.25, 0.3) is 0 Å². The monoisotopic (exact) mass is 334 g/mol.